The molecule has 0 atom stereocenters. The molecule has 0 fully saturated rings. The van der Waals surface area contributed by atoms with Crippen LogP contribution in [0.4, 0.5) is 10.1 Å². The van der Waals surface area contributed by atoms with E-state index in [1.807, 2.05) is 48.5 Å². The second kappa shape index (κ2) is 11.6. The Morgan fingerprint density at radius 2 is 1.63 bits per heavy atom. The minimum atomic E-state index is -0.462. The van der Waals surface area contributed by atoms with E-state index in [-0.39, 0.29) is 17.4 Å². The number of rotatable bonds is 8. The Labute approximate surface area is 223 Å². The summed E-state index contributed by atoms with van der Waals surface area (Å²) in [6.07, 6.45) is 3.46. The van der Waals surface area contributed by atoms with Gasteiger partial charge in [-0.2, -0.15) is 0 Å². The number of thioether (sulfide) groups is 1. The monoisotopic (exact) mass is 521 g/mol. The molecule has 38 heavy (non-hydrogen) atoms. The van der Waals surface area contributed by atoms with E-state index < -0.39 is 5.91 Å². The van der Waals surface area contributed by atoms with Crippen molar-refractivity contribution in [3.05, 3.63) is 138 Å². The number of anilines is 1. The zero-order chi connectivity index (χ0) is 26.3. The largest absolute Gasteiger partial charge is 0.361 e. The smallest absolute Gasteiger partial charge is 0.272 e. The molecule has 0 spiro atoms. The van der Waals surface area contributed by atoms with E-state index in [1.54, 1.807) is 60.8 Å². The normalized spacial score (nSPS) is 11.3. The molecule has 188 valence electrons. The van der Waals surface area contributed by atoms with Crippen LogP contribution in [0, 0.1) is 5.82 Å². The highest BCUT2D eigenvalue weighted by Gasteiger charge is 2.16. The number of aromatic amines is 1. The quantitative estimate of drug-likeness (QED) is 0.152. The van der Waals surface area contributed by atoms with Gasteiger partial charge in [0.05, 0.1) is 0 Å². The highest BCUT2D eigenvalue weighted by atomic mass is 32.2. The van der Waals surface area contributed by atoms with Crippen LogP contribution in [0.5, 0.6) is 0 Å². The number of hydrogen-bond donors (Lipinski definition) is 3. The standard InChI is InChI=1S/C31H24FN3O2S/c32-27-15-6-4-11-22(27)20-38-25-13-8-12-24(18-25)34-31(37)29(35-30(36)21-9-2-1-3-10-21)17-23-19-33-28-16-7-5-14-26(23)28/h1-19,33H,20H2,(H,34,37)(H,35,36)/b29-17+. The van der Waals surface area contributed by atoms with Crippen molar-refractivity contribution in [2.24, 2.45) is 0 Å². The van der Waals surface area contributed by atoms with Gasteiger partial charge in [-0.05, 0) is 54.1 Å². The van der Waals surface area contributed by atoms with E-state index in [0.717, 1.165) is 21.4 Å². The minimum absolute atomic E-state index is 0.105. The molecule has 1 heterocycles. The lowest BCUT2D eigenvalue weighted by Gasteiger charge is -2.12. The first-order valence-corrected chi connectivity index (χ1v) is 13.0. The van der Waals surface area contributed by atoms with Crippen LogP contribution in [0.3, 0.4) is 0 Å². The number of aromatic nitrogens is 1. The number of carbonyl (C=O) groups is 2. The first-order chi connectivity index (χ1) is 18.6. The van der Waals surface area contributed by atoms with Crippen LogP contribution in [0.2, 0.25) is 0 Å². The van der Waals surface area contributed by atoms with Gasteiger partial charge in [0.1, 0.15) is 11.5 Å². The molecule has 5 aromatic rings. The fourth-order valence-corrected chi connectivity index (χ4v) is 4.89. The molecular weight excluding hydrogens is 497 g/mol. The van der Waals surface area contributed by atoms with Gasteiger partial charge in [-0.25, -0.2) is 4.39 Å². The van der Waals surface area contributed by atoms with Gasteiger partial charge in [-0.15, -0.1) is 11.8 Å². The van der Waals surface area contributed by atoms with Gasteiger partial charge in [0.15, 0.2) is 0 Å². The fraction of sp³-hybridized carbons (Fsp3) is 0.0323. The lowest BCUT2D eigenvalue weighted by Crippen LogP contribution is -2.30. The third kappa shape index (κ3) is 6.02. The highest BCUT2D eigenvalue weighted by Crippen LogP contribution is 2.27. The number of hydrogen-bond acceptors (Lipinski definition) is 3. The van der Waals surface area contributed by atoms with E-state index in [9.17, 15) is 14.0 Å². The van der Waals surface area contributed by atoms with Crippen molar-refractivity contribution in [1.29, 1.82) is 0 Å². The number of benzene rings is 4. The molecule has 0 saturated heterocycles. The first kappa shape index (κ1) is 25.0. The molecular formula is C31H24FN3O2S. The van der Waals surface area contributed by atoms with Crippen LogP contribution >= 0.6 is 11.8 Å². The lowest BCUT2D eigenvalue weighted by molar-refractivity contribution is -0.113. The third-order valence-electron chi connectivity index (χ3n) is 5.89. The van der Waals surface area contributed by atoms with Crippen molar-refractivity contribution >= 4 is 46.2 Å². The van der Waals surface area contributed by atoms with E-state index in [1.165, 1.54) is 17.8 Å². The number of H-pyrrole nitrogens is 1. The third-order valence-corrected chi connectivity index (χ3v) is 6.94. The van der Waals surface area contributed by atoms with E-state index in [0.29, 0.717) is 22.6 Å². The molecule has 4 aromatic carbocycles. The summed E-state index contributed by atoms with van der Waals surface area (Å²) in [6, 6.07) is 30.5. The maximum atomic E-state index is 14.0. The SMILES string of the molecule is O=C(Nc1cccc(SCc2ccccc2F)c1)/C(=C\c1c[nH]c2ccccc12)NC(=O)c1ccccc1. The summed E-state index contributed by atoms with van der Waals surface area (Å²) in [7, 11) is 0. The second-order valence-electron chi connectivity index (χ2n) is 8.53. The maximum Gasteiger partial charge on any atom is 0.272 e. The highest BCUT2D eigenvalue weighted by molar-refractivity contribution is 7.98. The van der Waals surface area contributed by atoms with Crippen molar-refractivity contribution in [3.8, 4) is 0 Å². The van der Waals surface area contributed by atoms with Gasteiger partial charge < -0.3 is 15.6 Å². The summed E-state index contributed by atoms with van der Waals surface area (Å²) in [5, 5.41) is 6.59. The molecule has 5 rings (SSSR count). The molecule has 0 unspecified atom stereocenters. The summed E-state index contributed by atoms with van der Waals surface area (Å²) >= 11 is 1.47. The van der Waals surface area contributed by atoms with Crippen molar-refractivity contribution in [2.75, 3.05) is 5.32 Å². The van der Waals surface area contributed by atoms with E-state index in [4.69, 9.17) is 0 Å². The molecule has 3 N–H and O–H groups in total. The number of amides is 2. The Kier molecular flexibility index (Phi) is 7.66. The molecule has 2 amide bonds. The van der Waals surface area contributed by atoms with Crippen LogP contribution in [-0.4, -0.2) is 16.8 Å². The Hall–Kier alpha value is -4.62. The van der Waals surface area contributed by atoms with Gasteiger partial charge >= 0.3 is 0 Å². The number of fused-ring (bicyclic) bond motifs is 1. The van der Waals surface area contributed by atoms with Gasteiger partial charge in [-0.3, -0.25) is 9.59 Å². The second-order valence-corrected chi connectivity index (χ2v) is 9.58. The summed E-state index contributed by atoms with van der Waals surface area (Å²) in [5.41, 5.74) is 3.41. The van der Waals surface area contributed by atoms with Crippen molar-refractivity contribution in [1.82, 2.24) is 10.3 Å². The topological polar surface area (TPSA) is 74.0 Å². The van der Waals surface area contributed by atoms with E-state index >= 15 is 0 Å². The summed E-state index contributed by atoms with van der Waals surface area (Å²) in [5.74, 6) is -0.634. The van der Waals surface area contributed by atoms with Crippen molar-refractivity contribution in [2.45, 2.75) is 10.6 Å². The molecule has 0 aliphatic heterocycles. The van der Waals surface area contributed by atoms with Gasteiger partial charge in [0, 0.05) is 44.6 Å². The number of nitrogens with one attached hydrogen (secondary N) is 3. The van der Waals surface area contributed by atoms with Crippen molar-refractivity contribution < 1.29 is 14.0 Å². The summed E-state index contributed by atoms with van der Waals surface area (Å²) in [6.45, 7) is 0. The zero-order valence-corrected chi connectivity index (χ0v) is 21.1. The van der Waals surface area contributed by atoms with E-state index in [2.05, 4.69) is 15.6 Å². The Balaban J connectivity index is 1.38. The van der Waals surface area contributed by atoms with Crippen LogP contribution < -0.4 is 10.6 Å². The molecule has 0 bridgehead atoms. The lowest BCUT2D eigenvalue weighted by atomic mass is 10.1. The predicted molar refractivity (Wildman–Crippen MR) is 151 cm³/mol. The fourth-order valence-electron chi connectivity index (χ4n) is 3.95. The van der Waals surface area contributed by atoms with Crippen LogP contribution in [-0.2, 0) is 10.5 Å². The number of carbonyl (C=O) groups excluding carboxylic acids is 2. The minimum Gasteiger partial charge on any atom is -0.361 e. The summed E-state index contributed by atoms with van der Waals surface area (Å²) < 4.78 is 14.0. The van der Waals surface area contributed by atoms with Gasteiger partial charge in [0.25, 0.3) is 11.8 Å². The van der Waals surface area contributed by atoms with Gasteiger partial charge in [-0.1, -0.05) is 60.7 Å². The molecule has 0 radical (unpaired) electrons. The molecule has 7 heteroatoms. The average Bonchev–Trinajstić information content (AvgIpc) is 3.35. The Morgan fingerprint density at radius 3 is 2.47 bits per heavy atom. The Morgan fingerprint density at radius 1 is 0.868 bits per heavy atom. The first-order valence-electron chi connectivity index (χ1n) is 12.0. The zero-order valence-electron chi connectivity index (χ0n) is 20.3. The predicted octanol–water partition coefficient (Wildman–Crippen LogP) is 7.01. The maximum absolute atomic E-state index is 14.0. The van der Waals surface area contributed by atoms with Crippen LogP contribution in [0.1, 0.15) is 21.5 Å². The molecule has 0 aliphatic rings. The van der Waals surface area contributed by atoms with Crippen molar-refractivity contribution in [3.63, 3.8) is 0 Å². The Bertz CT molecular complexity index is 1630. The molecule has 0 saturated carbocycles. The van der Waals surface area contributed by atoms with Gasteiger partial charge in [0.2, 0.25) is 0 Å². The number of para-hydroxylation sites is 1. The molecule has 1 aromatic heterocycles. The average molecular weight is 522 g/mol. The van der Waals surface area contributed by atoms with Crippen LogP contribution in [0.15, 0.2) is 120 Å². The molecule has 5 nitrogen and oxygen atoms in total. The number of halogens is 1. The summed E-state index contributed by atoms with van der Waals surface area (Å²) in [4.78, 5) is 30.4. The molecule has 0 aliphatic carbocycles. The van der Waals surface area contributed by atoms with Crippen LogP contribution in [0.25, 0.3) is 17.0 Å².